The Morgan fingerprint density at radius 3 is 1.46 bits per heavy atom. The van der Waals surface area contributed by atoms with Crippen molar-refractivity contribution in [1.82, 2.24) is 0 Å². The average Bonchev–Trinajstić information content (AvgIpc) is 2.72. The van der Waals surface area contributed by atoms with Crippen LogP contribution in [0.4, 0.5) is 0 Å². The fourth-order valence-corrected chi connectivity index (χ4v) is 2.98. The van der Waals surface area contributed by atoms with Crippen LogP contribution < -0.4 is 0 Å². The molecule has 0 N–H and O–H groups in total. The van der Waals surface area contributed by atoms with Gasteiger partial charge in [0.1, 0.15) is 0 Å². The predicted octanol–water partition coefficient (Wildman–Crippen LogP) is 7.18. The van der Waals surface area contributed by atoms with Gasteiger partial charge in [0.05, 0.1) is 0 Å². The van der Waals surface area contributed by atoms with Gasteiger partial charge in [0.25, 0.3) is 0 Å². The topological polar surface area (TPSA) is 0 Å². The van der Waals surface area contributed by atoms with E-state index in [1.165, 1.54) is 33.0 Å². The molecule has 0 amide bonds. The molecule has 0 bridgehead atoms. The fourth-order valence-electron chi connectivity index (χ4n) is 2.98. The Kier molecular flexibility index (Phi) is 4.75. The molecule has 26 heavy (non-hydrogen) atoms. The Morgan fingerprint density at radius 2 is 0.808 bits per heavy atom. The molecular formula is C26H20. The molecule has 0 aromatic heterocycles. The molecule has 0 fully saturated rings. The van der Waals surface area contributed by atoms with Gasteiger partial charge < -0.3 is 0 Å². The molecule has 0 nitrogen and oxygen atoms in total. The zero-order valence-corrected chi connectivity index (χ0v) is 14.5. The van der Waals surface area contributed by atoms with Gasteiger partial charge in [0, 0.05) is 0 Å². The molecule has 0 radical (unpaired) electrons. The van der Waals surface area contributed by atoms with Crippen molar-refractivity contribution >= 4 is 35.1 Å². The third-order valence-electron chi connectivity index (χ3n) is 4.45. The van der Waals surface area contributed by atoms with Gasteiger partial charge in [-0.3, -0.25) is 0 Å². The second kappa shape index (κ2) is 7.67. The van der Waals surface area contributed by atoms with Crippen LogP contribution in [0.2, 0.25) is 0 Å². The van der Waals surface area contributed by atoms with Crippen LogP contribution in [0.1, 0.15) is 22.3 Å². The molecule has 124 valence electrons. The summed E-state index contributed by atoms with van der Waals surface area (Å²) in [6, 6.07) is 34.0. The van der Waals surface area contributed by atoms with Gasteiger partial charge in [0.2, 0.25) is 0 Å². The lowest BCUT2D eigenvalue weighted by Crippen LogP contribution is -1.77. The van der Waals surface area contributed by atoms with Crippen LogP contribution in [0.15, 0.2) is 97.1 Å². The largest absolute Gasteiger partial charge is 0.0622 e. The van der Waals surface area contributed by atoms with E-state index in [-0.39, 0.29) is 0 Å². The van der Waals surface area contributed by atoms with E-state index >= 15 is 0 Å². The molecule has 0 saturated carbocycles. The molecule has 0 heterocycles. The van der Waals surface area contributed by atoms with Crippen molar-refractivity contribution in [3.63, 3.8) is 0 Å². The van der Waals surface area contributed by atoms with E-state index in [0.717, 1.165) is 0 Å². The van der Waals surface area contributed by atoms with Gasteiger partial charge in [-0.25, -0.2) is 0 Å². The first-order valence-electron chi connectivity index (χ1n) is 8.87. The summed E-state index contributed by atoms with van der Waals surface area (Å²) in [6.45, 7) is 0. The number of rotatable bonds is 4. The minimum atomic E-state index is 1.20. The minimum absolute atomic E-state index is 1.20. The SMILES string of the molecule is C(=Cc1ccc(C=Cc2ccc3ccccc3c2)cc1)c1ccccc1. The highest BCUT2D eigenvalue weighted by Crippen LogP contribution is 2.18. The lowest BCUT2D eigenvalue weighted by Gasteiger charge is -2.00. The van der Waals surface area contributed by atoms with Gasteiger partial charge in [-0.2, -0.15) is 0 Å². The van der Waals surface area contributed by atoms with E-state index in [2.05, 4.69) is 115 Å². The second-order valence-electron chi connectivity index (χ2n) is 6.35. The molecule has 0 saturated heterocycles. The van der Waals surface area contributed by atoms with E-state index in [4.69, 9.17) is 0 Å². The van der Waals surface area contributed by atoms with Crippen molar-refractivity contribution < 1.29 is 0 Å². The minimum Gasteiger partial charge on any atom is -0.0622 e. The highest BCUT2D eigenvalue weighted by molar-refractivity contribution is 5.86. The molecule has 0 aliphatic carbocycles. The van der Waals surface area contributed by atoms with Crippen LogP contribution in [0.3, 0.4) is 0 Å². The summed E-state index contributed by atoms with van der Waals surface area (Å²) in [5.74, 6) is 0. The average molecular weight is 332 g/mol. The highest BCUT2D eigenvalue weighted by atomic mass is 14.0. The summed E-state index contributed by atoms with van der Waals surface area (Å²) in [5.41, 5.74) is 4.84. The molecule has 0 atom stereocenters. The van der Waals surface area contributed by atoms with E-state index in [0.29, 0.717) is 0 Å². The Labute approximate surface area is 154 Å². The van der Waals surface area contributed by atoms with Gasteiger partial charge in [-0.1, -0.05) is 115 Å². The molecule has 4 rings (SSSR count). The predicted molar refractivity (Wildman–Crippen MR) is 115 cm³/mol. The standard InChI is InChI=1S/C26H20/c1-2-6-21(7-3-1)10-11-22-12-14-23(15-13-22)16-17-24-18-19-25-8-4-5-9-26(25)20-24/h1-20H. The number of hydrogen-bond acceptors (Lipinski definition) is 0. The van der Waals surface area contributed by atoms with Crippen LogP contribution in [0.5, 0.6) is 0 Å². The highest BCUT2D eigenvalue weighted by Gasteiger charge is 1.94. The molecule has 0 spiro atoms. The molecule has 0 unspecified atom stereocenters. The quantitative estimate of drug-likeness (QED) is 0.347. The van der Waals surface area contributed by atoms with Crippen molar-refractivity contribution in [1.29, 1.82) is 0 Å². The van der Waals surface area contributed by atoms with Crippen molar-refractivity contribution in [3.8, 4) is 0 Å². The zero-order valence-electron chi connectivity index (χ0n) is 14.5. The molecular weight excluding hydrogens is 312 g/mol. The number of benzene rings is 4. The Morgan fingerprint density at radius 1 is 0.346 bits per heavy atom. The Hall–Kier alpha value is -3.38. The van der Waals surface area contributed by atoms with Crippen molar-refractivity contribution in [2.24, 2.45) is 0 Å². The van der Waals surface area contributed by atoms with Gasteiger partial charge in [0.15, 0.2) is 0 Å². The van der Waals surface area contributed by atoms with E-state index in [1.807, 2.05) is 6.07 Å². The first kappa shape index (κ1) is 16.1. The monoisotopic (exact) mass is 332 g/mol. The van der Waals surface area contributed by atoms with Crippen LogP contribution >= 0.6 is 0 Å². The summed E-state index contributed by atoms with van der Waals surface area (Å²) in [6.07, 6.45) is 8.61. The van der Waals surface area contributed by atoms with Crippen LogP contribution in [-0.2, 0) is 0 Å². The van der Waals surface area contributed by atoms with E-state index in [9.17, 15) is 0 Å². The lowest BCUT2D eigenvalue weighted by molar-refractivity contribution is 1.62. The third kappa shape index (κ3) is 3.99. The van der Waals surface area contributed by atoms with E-state index < -0.39 is 0 Å². The summed E-state index contributed by atoms with van der Waals surface area (Å²) >= 11 is 0. The van der Waals surface area contributed by atoms with Gasteiger partial charge in [-0.05, 0) is 39.1 Å². The summed E-state index contributed by atoms with van der Waals surface area (Å²) in [5, 5.41) is 2.55. The van der Waals surface area contributed by atoms with Gasteiger partial charge in [-0.15, -0.1) is 0 Å². The normalized spacial score (nSPS) is 11.5. The summed E-state index contributed by atoms with van der Waals surface area (Å²) in [4.78, 5) is 0. The summed E-state index contributed by atoms with van der Waals surface area (Å²) < 4.78 is 0. The van der Waals surface area contributed by atoms with Crippen LogP contribution in [0, 0.1) is 0 Å². The molecule has 4 aromatic rings. The third-order valence-corrected chi connectivity index (χ3v) is 4.45. The van der Waals surface area contributed by atoms with Crippen molar-refractivity contribution in [2.75, 3.05) is 0 Å². The second-order valence-corrected chi connectivity index (χ2v) is 6.35. The maximum atomic E-state index is 2.23. The zero-order chi connectivity index (χ0) is 17.6. The van der Waals surface area contributed by atoms with Crippen molar-refractivity contribution in [3.05, 3.63) is 119 Å². The first-order chi connectivity index (χ1) is 12.9. The van der Waals surface area contributed by atoms with Gasteiger partial charge >= 0.3 is 0 Å². The smallest absolute Gasteiger partial charge is 0.0178 e. The Balaban J connectivity index is 1.48. The number of hydrogen-bond donors (Lipinski definition) is 0. The maximum Gasteiger partial charge on any atom is -0.0178 e. The molecule has 0 heteroatoms. The molecule has 4 aromatic carbocycles. The molecule has 0 aliphatic rings. The first-order valence-corrected chi connectivity index (χ1v) is 8.87. The molecule has 0 aliphatic heterocycles. The lowest BCUT2D eigenvalue weighted by atomic mass is 10.1. The summed E-state index contributed by atoms with van der Waals surface area (Å²) in [7, 11) is 0. The van der Waals surface area contributed by atoms with Crippen molar-refractivity contribution in [2.45, 2.75) is 0 Å². The van der Waals surface area contributed by atoms with E-state index in [1.54, 1.807) is 0 Å². The number of fused-ring (bicyclic) bond motifs is 1. The maximum absolute atomic E-state index is 2.23. The fraction of sp³-hybridized carbons (Fsp3) is 0. The van der Waals surface area contributed by atoms with Crippen LogP contribution in [-0.4, -0.2) is 0 Å². The van der Waals surface area contributed by atoms with Crippen LogP contribution in [0.25, 0.3) is 35.1 Å². The Bertz CT molecular complexity index is 1050.